The van der Waals surface area contributed by atoms with Gasteiger partial charge in [0.1, 0.15) is 18.0 Å². The Labute approximate surface area is 155 Å². The smallest absolute Gasteiger partial charge is 0.248 e. The lowest BCUT2D eigenvalue weighted by atomic mass is 10.1. The van der Waals surface area contributed by atoms with Crippen LogP contribution in [0.5, 0.6) is 0 Å². The number of rotatable bonds is 4. The minimum Gasteiger partial charge on any atom is -0.322 e. The average Bonchev–Trinajstić information content (AvgIpc) is 2.67. The van der Waals surface area contributed by atoms with Crippen molar-refractivity contribution < 1.29 is 4.39 Å². The van der Waals surface area contributed by atoms with E-state index in [1.807, 2.05) is 36.1 Å². The number of aromatic amines is 1. The quantitative estimate of drug-likeness (QED) is 0.595. The lowest BCUT2D eigenvalue weighted by molar-refractivity contribution is 0.636. The van der Waals surface area contributed by atoms with Crippen molar-refractivity contribution in [3.05, 3.63) is 94.4 Å². The Morgan fingerprint density at radius 1 is 1.11 bits per heavy atom. The van der Waals surface area contributed by atoms with E-state index in [9.17, 15) is 9.18 Å². The van der Waals surface area contributed by atoms with E-state index >= 15 is 0 Å². The molecule has 0 radical (unpaired) electrons. The molecule has 2 aromatic heterocycles. The van der Waals surface area contributed by atoms with Gasteiger partial charge in [0.15, 0.2) is 0 Å². The maximum Gasteiger partial charge on any atom is 0.248 e. The summed E-state index contributed by atoms with van der Waals surface area (Å²) < 4.78 is 14.2. The van der Waals surface area contributed by atoms with E-state index in [0.29, 0.717) is 23.3 Å². The number of halogens is 1. The molecule has 0 amide bonds. The molecule has 1 N–H and O–H groups in total. The molecule has 0 saturated carbocycles. The van der Waals surface area contributed by atoms with E-state index in [0.717, 1.165) is 11.3 Å². The van der Waals surface area contributed by atoms with Crippen LogP contribution in [0.1, 0.15) is 11.1 Å². The first-order valence-corrected chi connectivity index (χ1v) is 8.52. The van der Waals surface area contributed by atoms with Gasteiger partial charge in [0.2, 0.25) is 5.56 Å². The summed E-state index contributed by atoms with van der Waals surface area (Å²) in [6.45, 7) is 2.38. The molecule has 0 saturated heterocycles. The minimum absolute atomic E-state index is 0.215. The summed E-state index contributed by atoms with van der Waals surface area (Å²) in [6.07, 6.45) is 3.15. The Morgan fingerprint density at radius 3 is 2.74 bits per heavy atom. The van der Waals surface area contributed by atoms with Crippen molar-refractivity contribution in [2.45, 2.75) is 13.5 Å². The van der Waals surface area contributed by atoms with Crippen LogP contribution in [-0.2, 0) is 6.54 Å². The fourth-order valence-electron chi connectivity index (χ4n) is 3.16. The predicted octanol–water partition coefficient (Wildman–Crippen LogP) is 4.10. The molecule has 0 bridgehead atoms. The third kappa shape index (κ3) is 3.42. The second kappa shape index (κ2) is 6.99. The first-order valence-electron chi connectivity index (χ1n) is 8.52. The lowest BCUT2D eigenvalue weighted by Gasteiger charge is -2.24. The van der Waals surface area contributed by atoms with Crippen LogP contribution in [0.25, 0.3) is 10.9 Å². The SMILES string of the molecule is Cc1cccc(N(Cc2cc(=O)[nH]c3c(F)cccc23)c2ccncn2)c1. The van der Waals surface area contributed by atoms with E-state index in [4.69, 9.17) is 0 Å². The highest BCUT2D eigenvalue weighted by molar-refractivity contribution is 5.83. The van der Waals surface area contributed by atoms with Crippen LogP contribution >= 0.6 is 0 Å². The van der Waals surface area contributed by atoms with Crippen molar-refractivity contribution >= 4 is 22.4 Å². The van der Waals surface area contributed by atoms with Crippen molar-refractivity contribution in [1.29, 1.82) is 0 Å². The summed E-state index contributed by atoms with van der Waals surface area (Å²) in [6, 6.07) is 16.1. The number of pyridine rings is 1. The predicted molar refractivity (Wildman–Crippen MR) is 104 cm³/mol. The van der Waals surface area contributed by atoms with Gasteiger partial charge in [0.05, 0.1) is 12.1 Å². The Hall–Kier alpha value is -3.54. The Balaban J connectivity index is 1.87. The molecule has 4 aromatic rings. The van der Waals surface area contributed by atoms with Gasteiger partial charge in [-0.05, 0) is 42.3 Å². The number of hydrogen-bond acceptors (Lipinski definition) is 4. The highest BCUT2D eigenvalue weighted by atomic mass is 19.1. The third-order valence-electron chi connectivity index (χ3n) is 4.40. The molecule has 0 aliphatic rings. The van der Waals surface area contributed by atoms with Gasteiger partial charge >= 0.3 is 0 Å². The zero-order valence-electron chi connectivity index (χ0n) is 14.7. The number of H-pyrrole nitrogens is 1. The van der Waals surface area contributed by atoms with E-state index in [1.54, 1.807) is 24.4 Å². The molecule has 2 heterocycles. The van der Waals surface area contributed by atoms with E-state index in [1.165, 1.54) is 18.5 Å². The first-order chi connectivity index (χ1) is 13.1. The largest absolute Gasteiger partial charge is 0.322 e. The van der Waals surface area contributed by atoms with E-state index in [-0.39, 0.29) is 11.1 Å². The average molecular weight is 360 g/mol. The van der Waals surface area contributed by atoms with Crippen molar-refractivity contribution in [2.75, 3.05) is 4.90 Å². The highest BCUT2D eigenvalue weighted by Gasteiger charge is 2.15. The van der Waals surface area contributed by atoms with Crippen LogP contribution < -0.4 is 10.5 Å². The van der Waals surface area contributed by atoms with Crippen molar-refractivity contribution in [3.63, 3.8) is 0 Å². The molecule has 4 rings (SSSR count). The zero-order chi connectivity index (χ0) is 18.8. The minimum atomic E-state index is -0.449. The third-order valence-corrected chi connectivity index (χ3v) is 4.40. The summed E-state index contributed by atoms with van der Waals surface area (Å²) in [5, 5.41) is 0.668. The number of nitrogens with zero attached hydrogens (tertiary/aromatic N) is 3. The van der Waals surface area contributed by atoms with Gasteiger partial charge in [-0.25, -0.2) is 14.4 Å². The maximum atomic E-state index is 14.2. The van der Waals surface area contributed by atoms with Crippen LogP contribution in [0.15, 0.2) is 71.9 Å². The number of fused-ring (bicyclic) bond motifs is 1. The number of aromatic nitrogens is 3. The monoisotopic (exact) mass is 360 g/mol. The summed E-state index contributed by atoms with van der Waals surface area (Å²) in [5.74, 6) is 0.246. The van der Waals surface area contributed by atoms with Crippen molar-refractivity contribution in [3.8, 4) is 0 Å². The Morgan fingerprint density at radius 2 is 1.96 bits per heavy atom. The van der Waals surface area contributed by atoms with Crippen LogP contribution in [0, 0.1) is 12.7 Å². The molecule has 0 unspecified atom stereocenters. The standard InChI is InChI=1S/C21H17FN4O/c1-14-4-2-5-16(10-14)26(19-8-9-23-13-24-19)12-15-11-20(27)25-21-17(15)6-3-7-18(21)22/h2-11,13H,12H2,1H3,(H,25,27). The fraction of sp³-hybridized carbons (Fsp3) is 0.0952. The summed E-state index contributed by atoms with van der Waals surface area (Å²) in [7, 11) is 0. The molecular weight excluding hydrogens is 343 g/mol. The molecule has 6 heteroatoms. The number of aryl methyl sites for hydroxylation is 1. The normalized spacial score (nSPS) is 10.9. The van der Waals surface area contributed by atoms with Gasteiger partial charge in [0, 0.05) is 23.3 Å². The first kappa shape index (κ1) is 16.9. The molecule has 0 fully saturated rings. The summed E-state index contributed by atoms with van der Waals surface area (Å²) in [4.78, 5) is 25.0. The summed E-state index contributed by atoms with van der Waals surface area (Å²) in [5.41, 5.74) is 2.63. The van der Waals surface area contributed by atoms with Crippen LogP contribution in [0.4, 0.5) is 15.9 Å². The molecule has 0 spiro atoms. The van der Waals surface area contributed by atoms with E-state index in [2.05, 4.69) is 15.0 Å². The molecule has 0 aliphatic heterocycles. The van der Waals surface area contributed by atoms with Gasteiger partial charge < -0.3 is 9.88 Å². The van der Waals surface area contributed by atoms with Crippen LogP contribution in [0.2, 0.25) is 0 Å². The highest BCUT2D eigenvalue weighted by Crippen LogP contribution is 2.28. The zero-order valence-corrected chi connectivity index (χ0v) is 14.7. The van der Waals surface area contributed by atoms with Crippen LogP contribution in [0.3, 0.4) is 0 Å². The molecule has 0 atom stereocenters. The van der Waals surface area contributed by atoms with Gasteiger partial charge in [0.25, 0.3) is 0 Å². The number of para-hydroxylation sites is 1. The molecule has 134 valence electrons. The number of nitrogens with one attached hydrogen (secondary N) is 1. The number of hydrogen-bond donors (Lipinski definition) is 1. The second-order valence-electron chi connectivity index (χ2n) is 6.31. The van der Waals surface area contributed by atoms with Crippen molar-refractivity contribution in [1.82, 2.24) is 15.0 Å². The van der Waals surface area contributed by atoms with Crippen LogP contribution in [-0.4, -0.2) is 15.0 Å². The topological polar surface area (TPSA) is 61.9 Å². The van der Waals surface area contributed by atoms with Gasteiger partial charge in [-0.1, -0.05) is 24.3 Å². The summed E-state index contributed by atoms with van der Waals surface area (Å²) >= 11 is 0. The molecule has 27 heavy (non-hydrogen) atoms. The molecule has 2 aromatic carbocycles. The number of benzene rings is 2. The maximum absolute atomic E-state index is 14.2. The van der Waals surface area contributed by atoms with Crippen molar-refractivity contribution in [2.24, 2.45) is 0 Å². The molecular formula is C21H17FN4O. The Kier molecular flexibility index (Phi) is 4.38. The Bertz CT molecular complexity index is 1160. The molecule has 0 aliphatic carbocycles. The number of anilines is 2. The van der Waals surface area contributed by atoms with Gasteiger partial charge in [-0.2, -0.15) is 0 Å². The molecule has 5 nitrogen and oxygen atoms in total. The fourth-order valence-corrected chi connectivity index (χ4v) is 3.16. The van der Waals surface area contributed by atoms with Gasteiger partial charge in [-0.15, -0.1) is 0 Å². The van der Waals surface area contributed by atoms with E-state index < -0.39 is 5.82 Å². The second-order valence-corrected chi connectivity index (χ2v) is 6.31. The lowest BCUT2D eigenvalue weighted by Crippen LogP contribution is -2.20. The van der Waals surface area contributed by atoms with Gasteiger partial charge in [-0.3, -0.25) is 4.79 Å².